The summed E-state index contributed by atoms with van der Waals surface area (Å²) in [6, 6.07) is 5.98. The van der Waals surface area contributed by atoms with Gasteiger partial charge in [0.25, 0.3) is 0 Å². The average Bonchev–Trinajstić information content (AvgIpc) is 2.79. The molecule has 1 fully saturated rings. The van der Waals surface area contributed by atoms with Gasteiger partial charge < -0.3 is 15.5 Å². The van der Waals surface area contributed by atoms with Crippen molar-refractivity contribution in [1.29, 1.82) is 0 Å². The molecule has 2 rings (SSSR count). The van der Waals surface area contributed by atoms with Crippen molar-refractivity contribution in [2.24, 2.45) is 0 Å². The third-order valence-corrected chi connectivity index (χ3v) is 3.60. The number of thioether (sulfide) groups is 1. The van der Waals surface area contributed by atoms with Crippen LogP contribution in [0, 0.1) is 0 Å². The topological polar surface area (TPSA) is 98.7 Å². The van der Waals surface area contributed by atoms with Gasteiger partial charge in [0, 0.05) is 18.4 Å². The lowest BCUT2D eigenvalue weighted by Gasteiger charge is -2.02. The van der Waals surface area contributed by atoms with E-state index in [0.29, 0.717) is 16.8 Å². The van der Waals surface area contributed by atoms with Crippen LogP contribution in [0.1, 0.15) is 13.8 Å². The van der Waals surface area contributed by atoms with E-state index in [-0.39, 0.29) is 17.7 Å². The molecule has 2 atom stereocenters. The van der Waals surface area contributed by atoms with E-state index in [9.17, 15) is 9.59 Å². The summed E-state index contributed by atoms with van der Waals surface area (Å²) in [7, 11) is 0. The zero-order chi connectivity index (χ0) is 15.1. The average molecular weight is 298 g/mol. The Bertz CT molecular complexity index is 464. The van der Waals surface area contributed by atoms with Crippen molar-refractivity contribution in [2.75, 3.05) is 11.1 Å². The summed E-state index contributed by atoms with van der Waals surface area (Å²) in [6.45, 7) is 3.40. The zero-order valence-electron chi connectivity index (χ0n) is 11.3. The van der Waals surface area contributed by atoms with E-state index in [4.69, 9.17) is 10.2 Å². The van der Waals surface area contributed by atoms with E-state index in [0.717, 1.165) is 0 Å². The van der Waals surface area contributed by atoms with Gasteiger partial charge in [0.05, 0.1) is 5.37 Å². The van der Waals surface area contributed by atoms with Crippen LogP contribution in [-0.4, -0.2) is 39.3 Å². The van der Waals surface area contributed by atoms with Crippen LogP contribution >= 0.6 is 11.8 Å². The molecule has 1 aromatic carbocycles. The summed E-state index contributed by atoms with van der Waals surface area (Å²) in [5, 5.41) is 23.1. The van der Waals surface area contributed by atoms with Crippen LogP contribution < -0.4 is 10.6 Å². The smallest absolute Gasteiger partial charge is 0.321 e. The van der Waals surface area contributed by atoms with Crippen molar-refractivity contribution < 1.29 is 19.8 Å². The molecule has 4 N–H and O–H groups in total. The first-order valence-electron chi connectivity index (χ1n) is 6.05. The van der Waals surface area contributed by atoms with Crippen LogP contribution in [0.2, 0.25) is 0 Å². The third kappa shape index (κ3) is 5.94. The van der Waals surface area contributed by atoms with E-state index < -0.39 is 5.97 Å². The summed E-state index contributed by atoms with van der Waals surface area (Å²) in [4.78, 5) is 20.8. The molecule has 0 aliphatic carbocycles. The van der Waals surface area contributed by atoms with E-state index in [1.54, 1.807) is 23.9 Å². The van der Waals surface area contributed by atoms with Gasteiger partial charge in [-0.1, -0.05) is 0 Å². The van der Waals surface area contributed by atoms with Gasteiger partial charge in [-0.05, 0) is 31.2 Å². The first-order valence-corrected chi connectivity index (χ1v) is 7.10. The van der Waals surface area contributed by atoms with Gasteiger partial charge in [-0.3, -0.25) is 14.9 Å². The van der Waals surface area contributed by atoms with E-state index >= 15 is 0 Å². The predicted molar refractivity (Wildman–Crippen MR) is 78.9 cm³/mol. The molecule has 0 aromatic heterocycles. The lowest BCUT2D eigenvalue weighted by atomic mass is 10.3. The van der Waals surface area contributed by atoms with Crippen LogP contribution in [0.15, 0.2) is 24.3 Å². The Morgan fingerprint density at radius 2 is 1.95 bits per heavy atom. The molecule has 1 heterocycles. The molecule has 1 aliphatic heterocycles. The SMILES string of the molecule is CC(=O)Nc1ccc(O)cc1.CC1N[C@H](C(=O)O)CS1. The Balaban J connectivity index is 0.000000204. The number of aliphatic carboxylic acids is 1. The highest BCUT2D eigenvalue weighted by Gasteiger charge is 2.26. The Hall–Kier alpha value is -1.73. The maximum absolute atomic E-state index is 10.5. The molecule has 1 amide bonds. The number of carbonyl (C=O) groups excluding carboxylic acids is 1. The predicted octanol–water partition coefficient (Wildman–Crippen LogP) is 1.47. The van der Waals surface area contributed by atoms with Crippen molar-refractivity contribution in [3.63, 3.8) is 0 Å². The summed E-state index contributed by atoms with van der Waals surface area (Å²) in [5.74, 6) is 0.0258. The molecule has 7 heteroatoms. The Morgan fingerprint density at radius 3 is 2.30 bits per heavy atom. The van der Waals surface area contributed by atoms with Gasteiger partial charge in [-0.25, -0.2) is 0 Å². The third-order valence-electron chi connectivity index (χ3n) is 2.43. The standard InChI is InChI=1S/C8H9NO2.C5H9NO2S/c1-6(10)9-7-2-4-8(11)5-3-7;1-3-6-4(2-9-3)5(7)8/h2-5,11H,1H3,(H,9,10);3-4,6H,2H2,1H3,(H,7,8)/t;3?,4-/m.0/s1. The number of phenols is 1. The molecule has 1 aromatic rings. The number of hydrogen-bond acceptors (Lipinski definition) is 5. The summed E-state index contributed by atoms with van der Waals surface area (Å²) < 4.78 is 0. The van der Waals surface area contributed by atoms with Gasteiger partial charge in [0.1, 0.15) is 11.8 Å². The molecular formula is C13H18N2O4S. The minimum absolute atomic E-state index is 0.115. The molecular weight excluding hydrogens is 280 g/mol. The quantitative estimate of drug-likeness (QED) is 0.617. The number of phenolic OH excluding ortho intramolecular Hbond substituents is 1. The molecule has 0 bridgehead atoms. The van der Waals surface area contributed by atoms with Crippen molar-refractivity contribution in [1.82, 2.24) is 5.32 Å². The number of anilines is 1. The number of hydrogen-bond donors (Lipinski definition) is 4. The molecule has 110 valence electrons. The van der Waals surface area contributed by atoms with E-state index in [1.165, 1.54) is 19.1 Å². The highest BCUT2D eigenvalue weighted by molar-refractivity contribution is 8.00. The Kier molecular flexibility index (Phi) is 6.33. The largest absolute Gasteiger partial charge is 0.508 e. The Labute approximate surface area is 121 Å². The zero-order valence-corrected chi connectivity index (χ0v) is 12.1. The molecule has 6 nitrogen and oxygen atoms in total. The molecule has 0 saturated carbocycles. The minimum Gasteiger partial charge on any atom is -0.508 e. The fraction of sp³-hybridized carbons (Fsp3) is 0.385. The Morgan fingerprint density at radius 1 is 1.35 bits per heavy atom. The number of carboxylic acids is 1. The summed E-state index contributed by atoms with van der Waals surface area (Å²) in [6.07, 6.45) is 0. The first kappa shape index (κ1) is 16.3. The first-order chi connectivity index (χ1) is 9.38. The van der Waals surface area contributed by atoms with E-state index in [2.05, 4.69) is 10.6 Å². The summed E-state index contributed by atoms with van der Waals surface area (Å²) >= 11 is 1.64. The molecule has 1 saturated heterocycles. The van der Waals surface area contributed by atoms with Crippen LogP contribution in [0.25, 0.3) is 0 Å². The maximum Gasteiger partial charge on any atom is 0.321 e. The van der Waals surface area contributed by atoms with Crippen LogP contribution in [0.5, 0.6) is 5.75 Å². The lowest BCUT2D eigenvalue weighted by Crippen LogP contribution is -2.35. The van der Waals surface area contributed by atoms with Gasteiger partial charge in [0.2, 0.25) is 5.91 Å². The fourth-order valence-corrected chi connectivity index (χ4v) is 2.49. The highest BCUT2D eigenvalue weighted by atomic mass is 32.2. The number of benzene rings is 1. The summed E-state index contributed by atoms with van der Waals surface area (Å²) in [5.41, 5.74) is 0.690. The number of nitrogens with one attached hydrogen (secondary N) is 2. The molecule has 20 heavy (non-hydrogen) atoms. The van der Waals surface area contributed by atoms with E-state index in [1.807, 2.05) is 6.92 Å². The fourth-order valence-electron chi connectivity index (χ4n) is 1.51. The molecule has 1 unspecified atom stereocenters. The van der Waals surface area contributed by atoms with Crippen LogP contribution in [-0.2, 0) is 9.59 Å². The van der Waals surface area contributed by atoms with Crippen LogP contribution in [0.4, 0.5) is 5.69 Å². The van der Waals surface area contributed by atoms with Crippen molar-refractivity contribution in [3.05, 3.63) is 24.3 Å². The normalized spacial score (nSPS) is 20.7. The second-order valence-corrected chi connectivity index (χ2v) is 5.63. The van der Waals surface area contributed by atoms with Crippen molar-refractivity contribution in [3.8, 4) is 5.75 Å². The molecule has 1 aliphatic rings. The minimum atomic E-state index is -0.744. The second-order valence-electron chi connectivity index (χ2n) is 4.26. The highest BCUT2D eigenvalue weighted by Crippen LogP contribution is 2.17. The second kappa shape index (κ2) is 7.76. The lowest BCUT2D eigenvalue weighted by molar-refractivity contribution is -0.138. The number of rotatable bonds is 2. The molecule has 0 radical (unpaired) electrons. The van der Waals surface area contributed by atoms with Crippen molar-refractivity contribution in [2.45, 2.75) is 25.3 Å². The number of carbonyl (C=O) groups is 2. The van der Waals surface area contributed by atoms with Crippen LogP contribution in [0.3, 0.4) is 0 Å². The monoisotopic (exact) mass is 298 g/mol. The van der Waals surface area contributed by atoms with Gasteiger partial charge in [-0.15, -0.1) is 11.8 Å². The number of carboxylic acid groups (broad SMARTS) is 1. The molecule has 0 spiro atoms. The van der Waals surface area contributed by atoms with Gasteiger partial charge in [-0.2, -0.15) is 0 Å². The number of amides is 1. The van der Waals surface area contributed by atoms with Crippen molar-refractivity contribution >= 4 is 29.3 Å². The van der Waals surface area contributed by atoms with Gasteiger partial charge >= 0.3 is 5.97 Å². The van der Waals surface area contributed by atoms with Gasteiger partial charge in [0.15, 0.2) is 0 Å². The maximum atomic E-state index is 10.5. The number of aromatic hydroxyl groups is 1.